The highest BCUT2D eigenvalue weighted by molar-refractivity contribution is 7.57. The summed E-state index contributed by atoms with van der Waals surface area (Å²) in [6.45, 7) is 0. The Labute approximate surface area is 109 Å². The molecule has 8 heteroatoms. The van der Waals surface area contributed by atoms with Crippen molar-refractivity contribution >= 4 is 13.7 Å². The van der Waals surface area contributed by atoms with Crippen LogP contribution in [0, 0.1) is 11.3 Å². The Morgan fingerprint density at radius 1 is 1.32 bits per heavy atom. The van der Waals surface area contributed by atoms with Gasteiger partial charge in [-0.25, -0.2) is 0 Å². The zero-order valence-corrected chi connectivity index (χ0v) is 11.1. The molecule has 3 N–H and O–H groups in total. The Hall–Kier alpha value is -2.00. The van der Waals surface area contributed by atoms with E-state index in [1.807, 2.05) is 0 Å². The molecule has 0 saturated heterocycles. The summed E-state index contributed by atoms with van der Waals surface area (Å²) in [6, 6.07) is 4.08. The zero-order chi connectivity index (χ0) is 14.6. The van der Waals surface area contributed by atoms with E-state index < -0.39 is 12.9 Å². The molecule has 0 fully saturated rings. The Kier molecular flexibility index (Phi) is 4.57. The molecule has 1 aromatic rings. The number of hydrogen-bond acceptors (Lipinski definition) is 5. The zero-order valence-electron chi connectivity index (χ0n) is 10.2. The third-order valence-electron chi connectivity index (χ3n) is 2.23. The van der Waals surface area contributed by atoms with Gasteiger partial charge in [-0.2, -0.15) is 5.26 Å². The molecule has 7 nitrogen and oxygen atoms in total. The van der Waals surface area contributed by atoms with Crippen molar-refractivity contribution in [2.45, 2.75) is 0 Å². The third-order valence-corrected chi connectivity index (χ3v) is 3.09. The number of aromatic hydroxyl groups is 1. The molecule has 1 aromatic carbocycles. The summed E-state index contributed by atoms with van der Waals surface area (Å²) < 4.78 is 20.8. The van der Waals surface area contributed by atoms with E-state index in [-0.39, 0.29) is 22.8 Å². The minimum absolute atomic E-state index is 0.0635. The molecule has 0 unspecified atom stereocenters. The molecule has 0 heterocycles. The van der Waals surface area contributed by atoms with Crippen molar-refractivity contribution in [1.29, 1.82) is 5.26 Å². The van der Waals surface area contributed by atoms with Gasteiger partial charge in [0.25, 0.3) is 0 Å². The first-order valence-corrected chi connectivity index (χ1v) is 6.57. The van der Waals surface area contributed by atoms with E-state index in [1.165, 1.54) is 32.4 Å². The van der Waals surface area contributed by atoms with Crippen molar-refractivity contribution < 1.29 is 28.9 Å². The van der Waals surface area contributed by atoms with Gasteiger partial charge in [0.05, 0.1) is 14.2 Å². The summed E-state index contributed by atoms with van der Waals surface area (Å²) in [6.07, 6.45) is 1.01. The molecule has 0 radical (unpaired) electrons. The van der Waals surface area contributed by atoms with Crippen LogP contribution in [-0.2, 0) is 4.57 Å². The van der Waals surface area contributed by atoms with Crippen molar-refractivity contribution in [3.63, 3.8) is 0 Å². The lowest BCUT2D eigenvalue weighted by molar-refractivity contribution is 0.340. The molecule has 0 bridgehead atoms. The molecule has 0 amide bonds. The summed E-state index contributed by atoms with van der Waals surface area (Å²) in [5.41, 5.74) is 0.256. The second-order valence-corrected chi connectivity index (χ2v) is 5.03. The number of ether oxygens (including phenoxy) is 2. The van der Waals surface area contributed by atoms with E-state index in [2.05, 4.69) is 0 Å². The molecule has 19 heavy (non-hydrogen) atoms. The van der Waals surface area contributed by atoms with Crippen LogP contribution in [0.25, 0.3) is 6.08 Å². The molecule has 0 aliphatic heterocycles. The molecule has 0 aliphatic rings. The van der Waals surface area contributed by atoms with Crippen LogP contribution in [0.4, 0.5) is 0 Å². The van der Waals surface area contributed by atoms with Gasteiger partial charge in [0.2, 0.25) is 5.75 Å². The van der Waals surface area contributed by atoms with Crippen LogP contribution in [-0.4, -0.2) is 29.1 Å². The maximum atomic E-state index is 11.0. The number of phenols is 1. The molecule has 0 spiro atoms. The van der Waals surface area contributed by atoms with E-state index >= 15 is 0 Å². The van der Waals surface area contributed by atoms with Gasteiger partial charge in [-0.05, 0) is 23.8 Å². The second kappa shape index (κ2) is 5.76. The molecule has 1 rings (SSSR count). The first-order chi connectivity index (χ1) is 8.83. The number of phenolic OH excluding ortho intramolecular Hbond substituents is 1. The summed E-state index contributed by atoms with van der Waals surface area (Å²) in [7, 11) is -2.01. The number of benzene rings is 1. The fraction of sp³-hybridized carbons (Fsp3) is 0.182. The van der Waals surface area contributed by atoms with E-state index in [0.717, 1.165) is 6.08 Å². The highest BCUT2D eigenvalue weighted by Crippen LogP contribution is 2.46. The van der Waals surface area contributed by atoms with Crippen molar-refractivity contribution in [3.8, 4) is 23.3 Å². The molecular weight excluding hydrogens is 273 g/mol. The van der Waals surface area contributed by atoms with Gasteiger partial charge in [0.15, 0.2) is 11.5 Å². The predicted octanol–water partition coefficient (Wildman–Crippen LogP) is 1.45. The number of nitrogens with zero attached hydrogens (tertiary/aromatic N) is 1. The topological polar surface area (TPSA) is 120 Å². The molecular formula is C11H12NO6P. The van der Waals surface area contributed by atoms with Gasteiger partial charge in [0.1, 0.15) is 11.4 Å². The highest BCUT2D eigenvalue weighted by atomic mass is 31.2. The Bertz CT molecular complexity index is 573. The van der Waals surface area contributed by atoms with Gasteiger partial charge >= 0.3 is 7.60 Å². The standard InChI is InChI=1S/C11H12NO6P/c1-17-9-4-7(5-10(18-2)11(9)13)3-8(6-12)19(14,15)16/h3-5,13H,1-2H3,(H2,14,15,16)/b8-3-. The molecule has 0 atom stereocenters. The predicted molar refractivity (Wildman–Crippen MR) is 66.8 cm³/mol. The fourth-order valence-electron chi connectivity index (χ4n) is 1.34. The molecule has 0 aromatic heterocycles. The van der Waals surface area contributed by atoms with Crippen LogP contribution in [0.1, 0.15) is 5.56 Å². The average molecular weight is 285 g/mol. The Morgan fingerprint density at radius 2 is 1.79 bits per heavy atom. The van der Waals surface area contributed by atoms with E-state index in [0.29, 0.717) is 0 Å². The number of methoxy groups -OCH3 is 2. The molecule has 0 aliphatic carbocycles. The first-order valence-electron chi connectivity index (χ1n) is 4.96. The number of hydrogen-bond donors (Lipinski definition) is 3. The van der Waals surface area contributed by atoms with Gasteiger partial charge < -0.3 is 24.4 Å². The monoisotopic (exact) mass is 285 g/mol. The van der Waals surface area contributed by atoms with Crippen molar-refractivity contribution in [2.75, 3.05) is 14.2 Å². The van der Waals surface area contributed by atoms with Crippen LogP contribution in [0.5, 0.6) is 17.2 Å². The van der Waals surface area contributed by atoms with Gasteiger partial charge in [-0.15, -0.1) is 0 Å². The molecule has 102 valence electrons. The van der Waals surface area contributed by atoms with Crippen LogP contribution in [0.15, 0.2) is 17.4 Å². The lowest BCUT2D eigenvalue weighted by Gasteiger charge is -2.10. The minimum Gasteiger partial charge on any atom is -0.502 e. The smallest absolute Gasteiger partial charge is 0.366 e. The number of allylic oxidation sites excluding steroid dienone is 1. The lowest BCUT2D eigenvalue weighted by atomic mass is 10.1. The quantitative estimate of drug-likeness (QED) is 0.565. The fourth-order valence-corrected chi connectivity index (χ4v) is 1.78. The van der Waals surface area contributed by atoms with Crippen molar-refractivity contribution in [3.05, 3.63) is 23.0 Å². The maximum absolute atomic E-state index is 11.0. The minimum atomic E-state index is -4.64. The van der Waals surface area contributed by atoms with Crippen LogP contribution in [0.2, 0.25) is 0 Å². The Balaban J connectivity index is 3.41. The third kappa shape index (κ3) is 3.48. The van der Waals surface area contributed by atoms with Crippen molar-refractivity contribution in [2.24, 2.45) is 0 Å². The maximum Gasteiger partial charge on any atom is 0.366 e. The average Bonchev–Trinajstić information content (AvgIpc) is 2.35. The number of nitriles is 1. The van der Waals surface area contributed by atoms with Gasteiger partial charge in [-0.1, -0.05) is 0 Å². The summed E-state index contributed by atoms with van der Waals surface area (Å²) in [5, 5.41) is 17.7. The second-order valence-electron chi connectivity index (χ2n) is 3.46. The largest absolute Gasteiger partial charge is 0.502 e. The number of rotatable bonds is 4. The first kappa shape index (κ1) is 15.1. The van der Waals surface area contributed by atoms with E-state index in [1.54, 1.807) is 0 Å². The summed E-state index contributed by atoms with van der Waals surface area (Å²) in [5.74, 6) is -0.112. The van der Waals surface area contributed by atoms with Crippen LogP contribution < -0.4 is 9.47 Å². The lowest BCUT2D eigenvalue weighted by Crippen LogP contribution is -1.91. The highest BCUT2D eigenvalue weighted by Gasteiger charge is 2.21. The van der Waals surface area contributed by atoms with E-state index in [4.69, 9.17) is 24.5 Å². The van der Waals surface area contributed by atoms with Crippen LogP contribution in [0.3, 0.4) is 0 Å². The van der Waals surface area contributed by atoms with Gasteiger partial charge in [-0.3, -0.25) is 4.57 Å². The van der Waals surface area contributed by atoms with E-state index in [9.17, 15) is 9.67 Å². The van der Waals surface area contributed by atoms with Crippen LogP contribution >= 0.6 is 7.60 Å². The van der Waals surface area contributed by atoms with Crippen molar-refractivity contribution in [1.82, 2.24) is 0 Å². The normalized spacial score (nSPS) is 11.8. The Morgan fingerprint density at radius 3 is 2.11 bits per heavy atom. The molecule has 0 saturated carbocycles. The SMILES string of the molecule is COc1cc(/C=C(/C#N)P(=O)(O)O)cc(OC)c1O. The summed E-state index contributed by atoms with van der Waals surface area (Å²) in [4.78, 5) is 17.9. The summed E-state index contributed by atoms with van der Waals surface area (Å²) >= 11 is 0. The van der Waals surface area contributed by atoms with Gasteiger partial charge in [0, 0.05) is 0 Å².